The zero-order valence-electron chi connectivity index (χ0n) is 21.9. The van der Waals surface area contributed by atoms with Crippen molar-refractivity contribution >= 4 is 17.5 Å². The van der Waals surface area contributed by atoms with Crippen molar-refractivity contribution in [2.75, 3.05) is 45.2 Å². The second-order valence-corrected chi connectivity index (χ2v) is 9.34. The van der Waals surface area contributed by atoms with Crippen molar-refractivity contribution in [2.45, 2.75) is 6.54 Å². The van der Waals surface area contributed by atoms with Crippen LogP contribution in [0, 0.1) is 5.53 Å². The molecular formula is C27H30N10O2. The molecule has 1 saturated heterocycles. The first-order chi connectivity index (χ1) is 19.0. The normalized spacial score (nSPS) is 13.9. The number of aromatic nitrogens is 5. The first kappa shape index (κ1) is 25.9. The molecule has 3 aromatic heterocycles. The Hall–Kier alpha value is -4.71. The minimum absolute atomic E-state index is 0.131. The molecule has 4 aromatic rings. The van der Waals surface area contributed by atoms with Gasteiger partial charge in [-0.25, -0.2) is 25.5 Å². The van der Waals surface area contributed by atoms with Crippen molar-refractivity contribution in [2.24, 2.45) is 12.2 Å². The Morgan fingerprint density at radius 1 is 1.08 bits per heavy atom. The van der Waals surface area contributed by atoms with Crippen LogP contribution in [0.15, 0.2) is 66.4 Å². The Bertz CT molecular complexity index is 1450. The van der Waals surface area contributed by atoms with Crippen molar-refractivity contribution in [3.05, 3.63) is 66.9 Å². The maximum Gasteiger partial charge on any atom is 0.236 e. The predicted molar refractivity (Wildman–Crippen MR) is 146 cm³/mol. The number of carbonyl (C=O) groups excluding carboxylic acids is 1. The lowest BCUT2D eigenvalue weighted by molar-refractivity contribution is -0.134. The molecule has 5 rings (SSSR count). The summed E-state index contributed by atoms with van der Waals surface area (Å²) >= 11 is 0. The van der Waals surface area contributed by atoms with Crippen LogP contribution in [0.2, 0.25) is 0 Å². The van der Waals surface area contributed by atoms with Gasteiger partial charge in [-0.1, -0.05) is 18.2 Å². The van der Waals surface area contributed by atoms with Crippen LogP contribution >= 0.6 is 0 Å². The average molecular weight is 527 g/mol. The van der Waals surface area contributed by atoms with Gasteiger partial charge in [0.15, 0.2) is 17.4 Å². The van der Waals surface area contributed by atoms with Crippen LogP contribution in [0.1, 0.15) is 5.56 Å². The van der Waals surface area contributed by atoms with Gasteiger partial charge in [-0.2, -0.15) is 0 Å². The molecule has 1 aromatic carbocycles. The quantitative estimate of drug-likeness (QED) is 0.300. The van der Waals surface area contributed by atoms with Crippen LogP contribution in [0.5, 0.6) is 5.75 Å². The minimum atomic E-state index is 0.131. The van der Waals surface area contributed by atoms with Gasteiger partial charge in [0.05, 0.1) is 30.8 Å². The van der Waals surface area contributed by atoms with Gasteiger partial charge in [-0.3, -0.25) is 9.69 Å². The fourth-order valence-electron chi connectivity index (χ4n) is 4.21. The summed E-state index contributed by atoms with van der Waals surface area (Å²) < 4.78 is 7.74. The van der Waals surface area contributed by atoms with Crippen LogP contribution in [0.3, 0.4) is 0 Å². The SMILES string of the molecule is CN1CCN(CCOc2cnc(-c3cccc(CNc4nc(-c5ccn(C)c5)cnc4N=N)c3)nc2)CC1=O. The van der Waals surface area contributed by atoms with Gasteiger partial charge in [-0.05, 0) is 17.7 Å². The van der Waals surface area contributed by atoms with E-state index < -0.39 is 0 Å². The molecule has 1 aliphatic rings. The summed E-state index contributed by atoms with van der Waals surface area (Å²) in [7, 11) is 3.77. The first-order valence-electron chi connectivity index (χ1n) is 12.6. The van der Waals surface area contributed by atoms with Crippen molar-refractivity contribution in [3.63, 3.8) is 0 Å². The summed E-state index contributed by atoms with van der Waals surface area (Å²) in [5.41, 5.74) is 10.9. The molecule has 12 nitrogen and oxygen atoms in total. The number of nitrogens with zero attached hydrogens (tertiary/aromatic N) is 8. The highest BCUT2D eigenvalue weighted by Crippen LogP contribution is 2.26. The molecule has 0 unspecified atom stereocenters. The summed E-state index contributed by atoms with van der Waals surface area (Å²) in [5, 5.41) is 6.77. The molecule has 1 aliphatic heterocycles. The minimum Gasteiger partial charge on any atom is -0.489 e. The summed E-state index contributed by atoms with van der Waals surface area (Å²) in [5.74, 6) is 1.97. The number of amides is 1. The molecule has 0 atom stereocenters. The third kappa shape index (κ3) is 6.41. The van der Waals surface area contributed by atoms with Crippen LogP contribution in [-0.4, -0.2) is 80.0 Å². The Kier molecular flexibility index (Phi) is 7.83. The topological polar surface area (TPSA) is 138 Å². The molecule has 1 amide bonds. The highest BCUT2D eigenvalue weighted by molar-refractivity contribution is 5.78. The molecule has 12 heteroatoms. The third-order valence-electron chi connectivity index (χ3n) is 6.47. The van der Waals surface area contributed by atoms with Crippen LogP contribution < -0.4 is 10.1 Å². The fourth-order valence-corrected chi connectivity index (χ4v) is 4.21. The molecule has 0 radical (unpaired) electrons. The zero-order valence-corrected chi connectivity index (χ0v) is 21.9. The van der Waals surface area contributed by atoms with E-state index in [9.17, 15) is 4.79 Å². The second-order valence-electron chi connectivity index (χ2n) is 9.34. The molecule has 0 saturated carbocycles. The maximum absolute atomic E-state index is 11.8. The molecular weight excluding hydrogens is 496 g/mol. The molecule has 39 heavy (non-hydrogen) atoms. The first-order valence-corrected chi connectivity index (χ1v) is 12.6. The van der Waals surface area contributed by atoms with Crippen molar-refractivity contribution < 1.29 is 9.53 Å². The summed E-state index contributed by atoms with van der Waals surface area (Å²) in [6.45, 7) is 3.59. The molecule has 200 valence electrons. The lowest BCUT2D eigenvalue weighted by Crippen LogP contribution is -2.49. The number of likely N-dealkylation sites (N-methyl/N-ethyl adjacent to an activating group) is 1. The number of ether oxygens (including phenoxy) is 1. The zero-order chi connectivity index (χ0) is 27.2. The molecule has 1 fully saturated rings. The molecule has 0 aliphatic carbocycles. The number of anilines is 1. The number of benzene rings is 1. The Morgan fingerprint density at radius 2 is 1.92 bits per heavy atom. The van der Waals surface area contributed by atoms with Gasteiger partial charge in [0.1, 0.15) is 6.61 Å². The fraction of sp³-hybridized carbons (Fsp3) is 0.296. The number of piperazine rings is 1. The van der Waals surface area contributed by atoms with Crippen LogP contribution in [-0.2, 0) is 18.4 Å². The molecule has 4 heterocycles. The molecule has 0 bridgehead atoms. The lowest BCUT2D eigenvalue weighted by Gasteiger charge is -2.31. The number of aryl methyl sites for hydroxylation is 1. The predicted octanol–water partition coefficient (Wildman–Crippen LogP) is 3.37. The highest BCUT2D eigenvalue weighted by Gasteiger charge is 2.20. The van der Waals surface area contributed by atoms with Gasteiger partial charge in [-0.15, -0.1) is 5.11 Å². The van der Waals surface area contributed by atoms with Crippen molar-refractivity contribution in [1.82, 2.24) is 34.3 Å². The number of rotatable bonds is 10. The molecule has 0 spiro atoms. The van der Waals surface area contributed by atoms with E-state index in [-0.39, 0.29) is 11.7 Å². The lowest BCUT2D eigenvalue weighted by atomic mass is 10.1. The number of nitrogens with one attached hydrogen (secondary N) is 2. The summed E-state index contributed by atoms with van der Waals surface area (Å²) in [6, 6.07) is 9.84. The van der Waals surface area contributed by atoms with E-state index >= 15 is 0 Å². The van der Waals surface area contributed by atoms with E-state index in [0.29, 0.717) is 49.3 Å². The largest absolute Gasteiger partial charge is 0.489 e. The Balaban J connectivity index is 1.19. The molecule has 2 N–H and O–H groups in total. The Labute approximate surface area is 226 Å². The van der Waals surface area contributed by atoms with Gasteiger partial charge < -0.3 is 19.5 Å². The second kappa shape index (κ2) is 11.8. The standard InChI is InChI=1S/C27H30N10O2/c1-35-7-6-21(17-35)23-16-32-27(34-28)26(33-23)29-13-19-4-3-5-20(12-19)25-30-14-22(15-31-25)39-11-10-37-9-8-36(2)24(38)18-37/h3-7,12,14-17,28H,8-11,13,18H2,1-2H3,(H,29,33). The number of hydrogen-bond donors (Lipinski definition) is 2. The van der Waals surface area contributed by atoms with E-state index in [1.165, 1.54) is 0 Å². The highest BCUT2D eigenvalue weighted by atomic mass is 16.5. The van der Waals surface area contributed by atoms with E-state index in [0.717, 1.165) is 29.8 Å². The van der Waals surface area contributed by atoms with E-state index in [1.54, 1.807) is 23.5 Å². The van der Waals surface area contributed by atoms with Gasteiger partial charge >= 0.3 is 0 Å². The van der Waals surface area contributed by atoms with Crippen molar-refractivity contribution in [3.8, 4) is 28.4 Å². The van der Waals surface area contributed by atoms with Gasteiger partial charge in [0.2, 0.25) is 11.7 Å². The monoisotopic (exact) mass is 526 g/mol. The van der Waals surface area contributed by atoms with Crippen molar-refractivity contribution in [1.29, 1.82) is 5.53 Å². The van der Waals surface area contributed by atoms with E-state index in [1.807, 2.05) is 61.4 Å². The number of hydrogen-bond acceptors (Lipinski definition) is 10. The maximum atomic E-state index is 11.8. The Morgan fingerprint density at radius 3 is 2.67 bits per heavy atom. The number of carbonyl (C=O) groups is 1. The van der Waals surface area contributed by atoms with E-state index in [2.05, 4.69) is 35.3 Å². The van der Waals surface area contributed by atoms with Gasteiger partial charge in [0.25, 0.3) is 0 Å². The third-order valence-corrected chi connectivity index (χ3v) is 6.47. The average Bonchev–Trinajstić information content (AvgIpc) is 3.40. The van der Waals surface area contributed by atoms with E-state index in [4.69, 9.17) is 10.3 Å². The van der Waals surface area contributed by atoms with Crippen LogP contribution in [0.4, 0.5) is 11.6 Å². The smallest absolute Gasteiger partial charge is 0.236 e. The summed E-state index contributed by atoms with van der Waals surface area (Å²) in [6.07, 6.45) is 8.84. The van der Waals surface area contributed by atoms with Gasteiger partial charge in [0, 0.05) is 63.8 Å². The summed E-state index contributed by atoms with van der Waals surface area (Å²) in [4.78, 5) is 33.5. The van der Waals surface area contributed by atoms with Crippen LogP contribution in [0.25, 0.3) is 22.6 Å².